The monoisotopic (exact) mass is 363 g/mol. The van der Waals surface area contributed by atoms with Crippen LogP contribution in [0.5, 0.6) is 0 Å². The van der Waals surface area contributed by atoms with Crippen LogP contribution in [0.25, 0.3) is 0 Å². The summed E-state index contributed by atoms with van der Waals surface area (Å²) < 4.78 is 9.44. The number of H-pyrrole nitrogens is 1. The Morgan fingerprint density at radius 2 is 1.72 bits per heavy atom. The lowest BCUT2D eigenvalue weighted by molar-refractivity contribution is -0.139. The van der Waals surface area contributed by atoms with E-state index in [0.29, 0.717) is 18.4 Å². The minimum atomic E-state index is -0.732. The van der Waals surface area contributed by atoms with Crippen LogP contribution in [0.15, 0.2) is 30.3 Å². The van der Waals surface area contributed by atoms with Crippen LogP contribution in [0, 0.1) is 0 Å². The second kappa shape index (κ2) is 8.48. The van der Waals surface area contributed by atoms with Crippen molar-refractivity contribution >= 4 is 28.8 Å². The van der Waals surface area contributed by atoms with E-state index in [2.05, 4.69) is 9.72 Å². The summed E-state index contributed by atoms with van der Waals surface area (Å²) >= 11 is 5.66. The van der Waals surface area contributed by atoms with E-state index in [1.165, 1.54) is 14.2 Å². The summed E-state index contributed by atoms with van der Waals surface area (Å²) in [6, 6.07) is 9.61. The summed E-state index contributed by atoms with van der Waals surface area (Å²) in [6.07, 6.45) is 0.793. The largest absolute Gasteiger partial charge is 0.469 e. The average molecular weight is 364 g/mol. The Balaban J connectivity index is 2.44. The highest BCUT2D eigenvalue weighted by atomic mass is 35.5. The first kappa shape index (κ1) is 18.7. The standard InChI is InChI=1S/C18H18ClNO5/c1-24-14(21)10-13-15(18(23)25-2)12(16(20-13)17(19)22)9-8-11-6-4-3-5-7-11/h3-7,20H,8-10H2,1-2H3. The molecule has 1 heterocycles. The van der Waals surface area contributed by atoms with E-state index >= 15 is 0 Å². The Bertz CT molecular complexity index is 782. The van der Waals surface area contributed by atoms with E-state index in [9.17, 15) is 14.4 Å². The maximum Gasteiger partial charge on any atom is 0.340 e. The third kappa shape index (κ3) is 4.48. The molecule has 0 spiro atoms. The van der Waals surface area contributed by atoms with Crippen LogP contribution in [0.3, 0.4) is 0 Å². The maximum absolute atomic E-state index is 12.2. The molecule has 1 aromatic heterocycles. The molecule has 0 atom stereocenters. The highest BCUT2D eigenvalue weighted by molar-refractivity contribution is 6.67. The van der Waals surface area contributed by atoms with Crippen molar-refractivity contribution in [3.8, 4) is 0 Å². The number of nitrogens with one attached hydrogen (secondary N) is 1. The number of hydrogen-bond donors (Lipinski definition) is 1. The molecule has 7 heteroatoms. The van der Waals surface area contributed by atoms with Crippen molar-refractivity contribution in [3.05, 3.63) is 58.4 Å². The van der Waals surface area contributed by atoms with E-state index in [4.69, 9.17) is 16.3 Å². The predicted molar refractivity (Wildman–Crippen MR) is 91.9 cm³/mol. The fourth-order valence-corrected chi connectivity index (χ4v) is 2.79. The Hall–Kier alpha value is -2.60. The molecule has 1 N–H and O–H groups in total. The first-order chi connectivity index (χ1) is 12.0. The van der Waals surface area contributed by atoms with Gasteiger partial charge in [0.15, 0.2) is 0 Å². The SMILES string of the molecule is COC(=O)Cc1[nH]c(C(=O)Cl)c(CCc2ccccc2)c1C(=O)OC. The zero-order chi connectivity index (χ0) is 18.4. The lowest BCUT2D eigenvalue weighted by atomic mass is 9.99. The molecule has 0 bridgehead atoms. The Kier molecular flexibility index (Phi) is 6.36. The topological polar surface area (TPSA) is 85.5 Å². The van der Waals surface area contributed by atoms with Gasteiger partial charge in [-0.15, -0.1) is 0 Å². The van der Waals surface area contributed by atoms with Crippen molar-refractivity contribution in [2.24, 2.45) is 0 Å². The molecule has 1 aromatic carbocycles. The van der Waals surface area contributed by atoms with Gasteiger partial charge in [0.2, 0.25) is 0 Å². The quantitative estimate of drug-likeness (QED) is 0.603. The van der Waals surface area contributed by atoms with E-state index in [1.807, 2.05) is 30.3 Å². The van der Waals surface area contributed by atoms with E-state index < -0.39 is 17.2 Å². The van der Waals surface area contributed by atoms with Gasteiger partial charge in [-0.25, -0.2) is 4.79 Å². The molecule has 0 aliphatic heterocycles. The molecular weight excluding hydrogens is 346 g/mol. The zero-order valence-corrected chi connectivity index (χ0v) is 14.7. The summed E-state index contributed by atoms with van der Waals surface area (Å²) in [4.78, 5) is 38.4. The second-order valence-electron chi connectivity index (χ2n) is 5.34. The summed E-state index contributed by atoms with van der Waals surface area (Å²) in [6.45, 7) is 0. The van der Waals surface area contributed by atoms with Gasteiger partial charge < -0.3 is 14.5 Å². The van der Waals surface area contributed by atoms with Gasteiger partial charge in [-0.2, -0.15) is 0 Å². The maximum atomic E-state index is 12.2. The Morgan fingerprint density at radius 3 is 2.28 bits per heavy atom. The van der Waals surface area contributed by atoms with Gasteiger partial charge in [-0.1, -0.05) is 30.3 Å². The smallest absolute Gasteiger partial charge is 0.340 e. The van der Waals surface area contributed by atoms with Crippen molar-refractivity contribution < 1.29 is 23.9 Å². The average Bonchev–Trinajstić information content (AvgIpc) is 2.98. The molecular formula is C18H18ClNO5. The van der Waals surface area contributed by atoms with E-state index in [0.717, 1.165) is 5.56 Å². The van der Waals surface area contributed by atoms with Gasteiger partial charge in [-0.3, -0.25) is 9.59 Å². The van der Waals surface area contributed by atoms with Crippen LogP contribution in [-0.2, 0) is 33.5 Å². The molecule has 0 radical (unpaired) electrons. The molecule has 2 rings (SSSR count). The van der Waals surface area contributed by atoms with Gasteiger partial charge in [-0.05, 0) is 35.6 Å². The normalized spacial score (nSPS) is 10.4. The van der Waals surface area contributed by atoms with Gasteiger partial charge in [0.25, 0.3) is 5.24 Å². The first-order valence-electron chi connectivity index (χ1n) is 7.60. The number of esters is 2. The molecule has 0 aliphatic rings. The zero-order valence-electron chi connectivity index (χ0n) is 13.9. The number of rotatable bonds is 7. The lowest BCUT2D eigenvalue weighted by Gasteiger charge is -2.06. The number of aryl methyl sites for hydroxylation is 1. The van der Waals surface area contributed by atoms with Crippen LogP contribution in [-0.4, -0.2) is 36.4 Å². The predicted octanol–water partition coefficient (Wildman–Crippen LogP) is 2.68. The van der Waals surface area contributed by atoms with E-state index in [1.54, 1.807) is 0 Å². The molecule has 2 aromatic rings. The number of aromatic nitrogens is 1. The molecule has 0 saturated carbocycles. The Labute approximate surface area is 150 Å². The molecule has 0 unspecified atom stereocenters. The number of benzene rings is 1. The Morgan fingerprint density at radius 1 is 1.04 bits per heavy atom. The molecule has 0 saturated heterocycles. The van der Waals surface area contributed by atoms with Crippen molar-refractivity contribution in [1.29, 1.82) is 0 Å². The molecule has 0 amide bonds. The number of aromatic amines is 1. The highest BCUT2D eigenvalue weighted by Crippen LogP contribution is 2.24. The lowest BCUT2D eigenvalue weighted by Crippen LogP contribution is -2.12. The van der Waals surface area contributed by atoms with Crippen molar-refractivity contribution in [3.63, 3.8) is 0 Å². The molecule has 132 valence electrons. The van der Waals surface area contributed by atoms with Crippen LogP contribution in [0.4, 0.5) is 0 Å². The summed E-state index contributed by atoms with van der Waals surface area (Å²) in [5.74, 6) is -1.18. The second-order valence-corrected chi connectivity index (χ2v) is 5.68. The van der Waals surface area contributed by atoms with Gasteiger partial charge >= 0.3 is 11.9 Å². The fourth-order valence-electron chi connectivity index (χ4n) is 2.63. The van der Waals surface area contributed by atoms with E-state index in [-0.39, 0.29) is 23.4 Å². The van der Waals surface area contributed by atoms with Crippen molar-refractivity contribution in [1.82, 2.24) is 4.98 Å². The van der Waals surface area contributed by atoms with Gasteiger partial charge in [0.05, 0.1) is 26.2 Å². The van der Waals surface area contributed by atoms with Crippen LogP contribution in [0.1, 0.15) is 37.7 Å². The first-order valence-corrected chi connectivity index (χ1v) is 7.98. The highest BCUT2D eigenvalue weighted by Gasteiger charge is 2.27. The van der Waals surface area contributed by atoms with Crippen LogP contribution < -0.4 is 0 Å². The molecule has 6 nitrogen and oxygen atoms in total. The minimum absolute atomic E-state index is 0.0944. The van der Waals surface area contributed by atoms with Gasteiger partial charge in [0.1, 0.15) is 5.69 Å². The number of methoxy groups -OCH3 is 2. The van der Waals surface area contributed by atoms with Crippen LogP contribution in [0.2, 0.25) is 0 Å². The van der Waals surface area contributed by atoms with Crippen molar-refractivity contribution in [2.45, 2.75) is 19.3 Å². The number of carbonyl (C=O) groups is 3. The number of carbonyl (C=O) groups excluding carboxylic acids is 3. The number of ether oxygens (including phenoxy) is 2. The third-order valence-corrected chi connectivity index (χ3v) is 4.01. The fraction of sp³-hybridized carbons (Fsp3) is 0.278. The number of hydrogen-bond acceptors (Lipinski definition) is 5. The van der Waals surface area contributed by atoms with Crippen LogP contribution >= 0.6 is 11.6 Å². The number of halogens is 1. The summed E-state index contributed by atoms with van der Waals surface area (Å²) in [7, 11) is 2.48. The third-order valence-electron chi connectivity index (χ3n) is 3.82. The van der Waals surface area contributed by atoms with Gasteiger partial charge in [0, 0.05) is 5.69 Å². The molecule has 0 aliphatic carbocycles. The van der Waals surface area contributed by atoms with Crippen molar-refractivity contribution in [2.75, 3.05) is 14.2 Å². The minimum Gasteiger partial charge on any atom is -0.469 e. The molecule has 0 fully saturated rings. The summed E-state index contributed by atoms with van der Waals surface area (Å²) in [5.41, 5.74) is 1.99. The summed E-state index contributed by atoms with van der Waals surface area (Å²) in [5, 5.41) is -0.732. The molecule has 25 heavy (non-hydrogen) atoms.